The number of likely N-dealkylation sites (N-methyl/N-ethyl adjacent to an activating group) is 1. The predicted octanol–water partition coefficient (Wildman–Crippen LogP) is 0.673. The van der Waals surface area contributed by atoms with Crippen LogP contribution in [0.4, 0.5) is 0 Å². The van der Waals surface area contributed by atoms with E-state index in [0.29, 0.717) is 0 Å². The first-order valence-electron chi connectivity index (χ1n) is 7.46. The highest BCUT2D eigenvalue weighted by Crippen LogP contribution is 2.48. The number of hydrogen-bond donors (Lipinski definition) is 1. The van der Waals surface area contributed by atoms with Gasteiger partial charge in [-0.15, -0.1) is 0 Å². The van der Waals surface area contributed by atoms with E-state index in [0.717, 1.165) is 39.0 Å². The number of carboxylic acids is 1. The van der Waals surface area contributed by atoms with Gasteiger partial charge in [0.1, 0.15) is 0 Å². The van der Waals surface area contributed by atoms with E-state index < -0.39 is 11.9 Å². The standard InChI is InChI=1S/C15H22N2O3/c1-16-5-2-6-17(8-7-16)14(18)12-10-3-4-11(9-10)13(12)15(19)20/h3-4,10-13H,2,5-9H2,1H3,(H,19,20). The molecule has 2 aliphatic carbocycles. The molecule has 0 radical (unpaired) electrons. The van der Waals surface area contributed by atoms with Crippen LogP contribution in [0.15, 0.2) is 12.2 Å². The first kappa shape index (κ1) is 13.6. The highest BCUT2D eigenvalue weighted by molar-refractivity contribution is 5.87. The van der Waals surface area contributed by atoms with Gasteiger partial charge in [0.05, 0.1) is 11.8 Å². The van der Waals surface area contributed by atoms with Crippen molar-refractivity contribution in [1.82, 2.24) is 9.80 Å². The monoisotopic (exact) mass is 278 g/mol. The van der Waals surface area contributed by atoms with Crippen molar-refractivity contribution in [1.29, 1.82) is 0 Å². The molecule has 1 N–H and O–H groups in total. The summed E-state index contributed by atoms with van der Waals surface area (Å²) in [6, 6.07) is 0. The van der Waals surface area contributed by atoms with Gasteiger partial charge in [0.25, 0.3) is 0 Å². The third kappa shape index (κ3) is 2.24. The van der Waals surface area contributed by atoms with Crippen molar-refractivity contribution in [2.75, 3.05) is 33.2 Å². The minimum Gasteiger partial charge on any atom is -0.481 e. The quantitative estimate of drug-likeness (QED) is 0.754. The summed E-state index contributed by atoms with van der Waals surface area (Å²) in [6.45, 7) is 3.36. The molecule has 0 spiro atoms. The molecule has 4 unspecified atom stereocenters. The Bertz CT molecular complexity index is 448. The fraction of sp³-hybridized carbons (Fsp3) is 0.733. The van der Waals surface area contributed by atoms with E-state index in [1.807, 2.05) is 11.0 Å². The Hall–Kier alpha value is -1.36. The van der Waals surface area contributed by atoms with E-state index in [1.165, 1.54) is 0 Å². The molecule has 1 heterocycles. The van der Waals surface area contributed by atoms with Crippen LogP contribution in [0.2, 0.25) is 0 Å². The predicted molar refractivity (Wildman–Crippen MR) is 74.0 cm³/mol. The number of fused-ring (bicyclic) bond motifs is 2. The summed E-state index contributed by atoms with van der Waals surface area (Å²) in [5, 5.41) is 9.44. The number of carbonyl (C=O) groups is 2. The number of amides is 1. The lowest BCUT2D eigenvalue weighted by Gasteiger charge is -2.30. The van der Waals surface area contributed by atoms with Crippen LogP contribution in [0.3, 0.4) is 0 Å². The molecular formula is C15H22N2O3. The molecule has 110 valence electrons. The van der Waals surface area contributed by atoms with Gasteiger partial charge in [-0.1, -0.05) is 12.2 Å². The second kappa shape index (κ2) is 5.20. The summed E-state index contributed by atoms with van der Waals surface area (Å²) in [4.78, 5) is 28.4. The molecule has 1 aliphatic heterocycles. The first-order valence-corrected chi connectivity index (χ1v) is 7.46. The average Bonchev–Trinajstić information content (AvgIpc) is 2.95. The van der Waals surface area contributed by atoms with Crippen molar-refractivity contribution < 1.29 is 14.7 Å². The van der Waals surface area contributed by atoms with Gasteiger partial charge in [-0.05, 0) is 38.3 Å². The van der Waals surface area contributed by atoms with Crippen LogP contribution in [0, 0.1) is 23.7 Å². The van der Waals surface area contributed by atoms with E-state index in [2.05, 4.69) is 18.0 Å². The molecule has 1 amide bonds. The van der Waals surface area contributed by atoms with Gasteiger partial charge in [0.2, 0.25) is 5.91 Å². The third-order valence-electron chi connectivity index (χ3n) is 5.06. The van der Waals surface area contributed by atoms with E-state index in [1.54, 1.807) is 0 Å². The number of carbonyl (C=O) groups excluding carboxylic acids is 1. The van der Waals surface area contributed by atoms with Crippen LogP contribution in [0.1, 0.15) is 12.8 Å². The number of rotatable bonds is 2. The second-order valence-corrected chi connectivity index (χ2v) is 6.32. The van der Waals surface area contributed by atoms with Gasteiger partial charge >= 0.3 is 5.97 Å². The molecule has 4 atom stereocenters. The van der Waals surface area contributed by atoms with E-state index in [9.17, 15) is 14.7 Å². The Morgan fingerprint density at radius 3 is 2.45 bits per heavy atom. The van der Waals surface area contributed by atoms with Crippen LogP contribution < -0.4 is 0 Å². The van der Waals surface area contributed by atoms with Crippen LogP contribution in [-0.4, -0.2) is 60.0 Å². The zero-order chi connectivity index (χ0) is 14.3. The summed E-state index contributed by atoms with van der Waals surface area (Å²) in [5.41, 5.74) is 0. The molecule has 0 aromatic rings. The Balaban J connectivity index is 1.76. The van der Waals surface area contributed by atoms with E-state index >= 15 is 0 Å². The average molecular weight is 278 g/mol. The summed E-state index contributed by atoms with van der Waals surface area (Å²) in [7, 11) is 2.06. The Morgan fingerprint density at radius 1 is 1.05 bits per heavy atom. The molecule has 0 aromatic carbocycles. The van der Waals surface area contributed by atoms with Crippen molar-refractivity contribution >= 4 is 11.9 Å². The Kier molecular flexibility index (Phi) is 3.54. The smallest absolute Gasteiger partial charge is 0.307 e. The maximum atomic E-state index is 12.8. The lowest BCUT2D eigenvalue weighted by Crippen LogP contribution is -2.44. The molecule has 5 heteroatoms. The van der Waals surface area contributed by atoms with Crippen LogP contribution in [0.5, 0.6) is 0 Å². The molecule has 0 aromatic heterocycles. The van der Waals surface area contributed by atoms with Gasteiger partial charge in [-0.2, -0.15) is 0 Å². The zero-order valence-corrected chi connectivity index (χ0v) is 11.9. The van der Waals surface area contributed by atoms with Crippen molar-refractivity contribution in [3.05, 3.63) is 12.2 Å². The molecule has 1 saturated heterocycles. The summed E-state index contributed by atoms with van der Waals surface area (Å²) < 4.78 is 0. The maximum Gasteiger partial charge on any atom is 0.307 e. The van der Waals surface area contributed by atoms with E-state index in [-0.39, 0.29) is 23.7 Å². The second-order valence-electron chi connectivity index (χ2n) is 6.32. The van der Waals surface area contributed by atoms with Crippen LogP contribution in [0.25, 0.3) is 0 Å². The van der Waals surface area contributed by atoms with Crippen LogP contribution >= 0.6 is 0 Å². The third-order valence-corrected chi connectivity index (χ3v) is 5.06. The molecule has 3 rings (SSSR count). The molecule has 5 nitrogen and oxygen atoms in total. The number of hydrogen-bond acceptors (Lipinski definition) is 3. The minimum absolute atomic E-state index is 0.0566. The summed E-state index contributed by atoms with van der Waals surface area (Å²) >= 11 is 0. The Labute approximate surface area is 119 Å². The van der Waals surface area contributed by atoms with E-state index in [4.69, 9.17) is 0 Å². The lowest BCUT2D eigenvalue weighted by molar-refractivity contribution is -0.151. The maximum absolute atomic E-state index is 12.8. The molecular weight excluding hydrogens is 256 g/mol. The normalized spacial score (nSPS) is 37.1. The molecule has 1 saturated carbocycles. The molecule has 3 aliphatic rings. The topological polar surface area (TPSA) is 60.9 Å². The number of nitrogens with zero attached hydrogens (tertiary/aromatic N) is 2. The number of aliphatic carboxylic acids is 1. The first-order chi connectivity index (χ1) is 9.58. The zero-order valence-electron chi connectivity index (χ0n) is 11.9. The Morgan fingerprint density at radius 2 is 1.75 bits per heavy atom. The molecule has 2 bridgehead atoms. The fourth-order valence-electron chi connectivity index (χ4n) is 3.97. The number of carboxylic acid groups (broad SMARTS) is 1. The largest absolute Gasteiger partial charge is 0.481 e. The SMILES string of the molecule is CN1CCCN(C(=O)C2C3C=CC(C3)C2C(=O)O)CC1. The molecule has 20 heavy (non-hydrogen) atoms. The van der Waals surface area contributed by atoms with Gasteiger partial charge in [-0.3, -0.25) is 9.59 Å². The van der Waals surface area contributed by atoms with Gasteiger partial charge in [-0.25, -0.2) is 0 Å². The van der Waals surface area contributed by atoms with Gasteiger partial charge < -0.3 is 14.9 Å². The van der Waals surface area contributed by atoms with Gasteiger partial charge in [0, 0.05) is 19.6 Å². The fourth-order valence-corrected chi connectivity index (χ4v) is 3.97. The highest BCUT2D eigenvalue weighted by atomic mass is 16.4. The van der Waals surface area contributed by atoms with Gasteiger partial charge in [0.15, 0.2) is 0 Å². The highest BCUT2D eigenvalue weighted by Gasteiger charge is 2.52. The lowest BCUT2D eigenvalue weighted by atomic mass is 9.82. The molecule has 2 fully saturated rings. The van der Waals surface area contributed by atoms with Crippen molar-refractivity contribution in [3.63, 3.8) is 0 Å². The minimum atomic E-state index is -0.813. The van der Waals surface area contributed by atoms with Crippen molar-refractivity contribution in [2.45, 2.75) is 12.8 Å². The number of allylic oxidation sites excluding steroid dienone is 2. The summed E-state index contributed by atoms with van der Waals surface area (Å²) in [5.74, 6) is -1.42. The van der Waals surface area contributed by atoms with Crippen LogP contribution in [-0.2, 0) is 9.59 Å². The van der Waals surface area contributed by atoms with Crippen molar-refractivity contribution in [3.8, 4) is 0 Å². The summed E-state index contributed by atoms with van der Waals surface area (Å²) in [6.07, 6.45) is 5.85. The van der Waals surface area contributed by atoms with Crippen molar-refractivity contribution in [2.24, 2.45) is 23.7 Å².